The monoisotopic (exact) mass is 405 g/mol. The van der Waals surface area contributed by atoms with Gasteiger partial charge < -0.3 is 9.26 Å². The van der Waals surface area contributed by atoms with E-state index in [9.17, 15) is 4.79 Å². The van der Waals surface area contributed by atoms with Gasteiger partial charge in [-0.1, -0.05) is 41.9 Å². The highest BCUT2D eigenvalue weighted by Gasteiger charge is 2.29. The van der Waals surface area contributed by atoms with Crippen LogP contribution in [0.25, 0.3) is 0 Å². The molecule has 30 heavy (non-hydrogen) atoms. The van der Waals surface area contributed by atoms with E-state index in [-0.39, 0.29) is 18.0 Å². The van der Waals surface area contributed by atoms with Crippen molar-refractivity contribution >= 4 is 11.9 Å². The maximum atomic E-state index is 12.6. The fourth-order valence-corrected chi connectivity index (χ4v) is 3.74. The Bertz CT molecular complexity index is 974. The summed E-state index contributed by atoms with van der Waals surface area (Å²) in [5, 5.41) is 6.75. The van der Waals surface area contributed by atoms with Crippen molar-refractivity contribution in [2.45, 2.75) is 57.5 Å². The first-order chi connectivity index (χ1) is 14.5. The Morgan fingerprint density at radius 1 is 1.03 bits per heavy atom. The predicted molar refractivity (Wildman–Crippen MR) is 115 cm³/mol. The summed E-state index contributed by atoms with van der Waals surface area (Å²) >= 11 is 0. The minimum Gasteiger partial charge on any atom is -0.490 e. The summed E-state index contributed by atoms with van der Waals surface area (Å²) in [6.45, 7) is 4.04. The highest BCUT2D eigenvalue weighted by atomic mass is 16.5. The van der Waals surface area contributed by atoms with Gasteiger partial charge in [0.05, 0.1) is 11.5 Å². The van der Waals surface area contributed by atoms with Gasteiger partial charge in [0.1, 0.15) is 5.75 Å². The van der Waals surface area contributed by atoms with Crippen LogP contribution in [0.1, 0.15) is 67.7 Å². The average molecular weight is 405 g/mol. The van der Waals surface area contributed by atoms with Crippen LogP contribution in [0, 0.1) is 0 Å². The van der Waals surface area contributed by atoms with Crippen molar-refractivity contribution in [3.8, 4) is 5.75 Å². The fraction of sp³-hybridized carbons (Fsp3) is 0.375. The SMILES string of the molecule is CC(C)(c1ccccc1)c1noc(NC(=O)c2ccc(OC3CCCCC3)cc2)n1. The van der Waals surface area contributed by atoms with Gasteiger partial charge in [0, 0.05) is 5.56 Å². The number of hydrogen-bond acceptors (Lipinski definition) is 5. The summed E-state index contributed by atoms with van der Waals surface area (Å²) in [4.78, 5) is 16.9. The molecule has 1 saturated carbocycles. The standard InChI is InChI=1S/C24H27N3O3/c1-24(2,18-9-5-3-6-10-18)22-26-23(30-27-22)25-21(28)17-13-15-20(16-14-17)29-19-11-7-4-8-12-19/h3,5-6,9-10,13-16,19H,4,7-8,11-12H2,1-2H3,(H,25,26,27,28). The molecule has 0 bridgehead atoms. The van der Waals surface area contributed by atoms with Gasteiger partial charge in [-0.05, 0) is 69.4 Å². The molecule has 4 rings (SSSR count). The molecule has 1 aliphatic rings. The maximum Gasteiger partial charge on any atom is 0.328 e. The Morgan fingerprint density at radius 3 is 2.43 bits per heavy atom. The van der Waals surface area contributed by atoms with Crippen LogP contribution in [-0.2, 0) is 5.41 Å². The summed E-state index contributed by atoms with van der Waals surface area (Å²) in [6, 6.07) is 17.2. The van der Waals surface area contributed by atoms with Crippen LogP contribution in [-0.4, -0.2) is 22.2 Å². The first kappa shape index (κ1) is 20.1. The van der Waals surface area contributed by atoms with E-state index in [1.807, 2.05) is 56.3 Å². The molecule has 1 aliphatic carbocycles. The summed E-state index contributed by atoms with van der Waals surface area (Å²) in [5.74, 6) is 1.01. The lowest BCUT2D eigenvalue weighted by Gasteiger charge is -2.23. The Hall–Kier alpha value is -3.15. The topological polar surface area (TPSA) is 77.2 Å². The number of anilines is 1. The Labute approximate surface area is 176 Å². The molecule has 3 aromatic rings. The fourth-order valence-electron chi connectivity index (χ4n) is 3.74. The Morgan fingerprint density at radius 2 is 1.73 bits per heavy atom. The molecule has 6 heteroatoms. The number of ether oxygens (including phenoxy) is 1. The van der Waals surface area contributed by atoms with Gasteiger partial charge in [-0.15, -0.1) is 0 Å². The zero-order valence-corrected chi connectivity index (χ0v) is 17.4. The normalized spacial score (nSPS) is 15.0. The van der Waals surface area contributed by atoms with Crippen molar-refractivity contribution in [1.82, 2.24) is 10.1 Å². The highest BCUT2D eigenvalue weighted by Crippen LogP contribution is 2.30. The molecule has 0 unspecified atom stereocenters. The number of benzene rings is 2. The van der Waals surface area contributed by atoms with Gasteiger partial charge in [0.15, 0.2) is 5.82 Å². The van der Waals surface area contributed by atoms with Crippen LogP contribution >= 0.6 is 0 Å². The average Bonchev–Trinajstić information content (AvgIpc) is 3.25. The lowest BCUT2D eigenvalue weighted by Crippen LogP contribution is -2.21. The van der Waals surface area contributed by atoms with Crippen molar-refractivity contribution in [2.24, 2.45) is 0 Å². The van der Waals surface area contributed by atoms with Crippen molar-refractivity contribution in [1.29, 1.82) is 0 Å². The van der Waals surface area contributed by atoms with E-state index in [0.717, 1.165) is 24.2 Å². The number of hydrogen-bond donors (Lipinski definition) is 1. The van der Waals surface area contributed by atoms with Crippen LogP contribution in [0.3, 0.4) is 0 Å². The first-order valence-electron chi connectivity index (χ1n) is 10.5. The van der Waals surface area contributed by atoms with E-state index in [4.69, 9.17) is 9.26 Å². The van der Waals surface area contributed by atoms with E-state index in [1.165, 1.54) is 19.3 Å². The van der Waals surface area contributed by atoms with E-state index in [0.29, 0.717) is 11.4 Å². The molecule has 1 heterocycles. The number of aromatic nitrogens is 2. The minimum atomic E-state index is -0.439. The van der Waals surface area contributed by atoms with Crippen LogP contribution in [0.4, 0.5) is 6.01 Å². The van der Waals surface area contributed by atoms with Crippen LogP contribution < -0.4 is 10.1 Å². The number of nitrogens with one attached hydrogen (secondary N) is 1. The van der Waals surface area contributed by atoms with Gasteiger partial charge in [0.2, 0.25) is 0 Å². The van der Waals surface area contributed by atoms with Crippen molar-refractivity contribution in [3.05, 3.63) is 71.5 Å². The number of rotatable bonds is 6. The zero-order valence-electron chi connectivity index (χ0n) is 17.4. The largest absolute Gasteiger partial charge is 0.490 e. The molecule has 1 fully saturated rings. The van der Waals surface area contributed by atoms with E-state index >= 15 is 0 Å². The van der Waals surface area contributed by atoms with E-state index in [1.54, 1.807) is 12.1 Å². The highest BCUT2D eigenvalue weighted by molar-refractivity contribution is 6.03. The van der Waals surface area contributed by atoms with Gasteiger partial charge in [0.25, 0.3) is 5.91 Å². The molecule has 0 saturated heterocycles. The van der Waals surface area contributed by atoms with Crippen molar-refractivity contribution in [3.63, 3.8) is 0 Å². The summed E-state index contributed by atoms with van der Waals surface area (Å²) in [5.41, 5.74) is 1.14. The lowest BCUT2D eigenvalue weighted by atomic mass is 9.84. The first-order valence-corrected chi connectivity index (χ1v) is 10.5. The van der Waals surface area contributed by atoms with Gasteiger partial charge in [-0.25, -0.2) is 0 Å². The van der Waals surface area contributed by atoms with Crippen LogP contribution in [0.15, 0.2) is 59.1 Å². The number of nitrogens with zero attached hydrogens (tertiary/aromatic N) is 2. The second-order valence-corrected chi connectivity index (χ2v) is 8.27. The lowest BCUT2D eigenvalue weighted by molar-refractivity contribution is 0.102. The molecular formula is C24H27N3O3. The van der Waals surface area contributed by atoms with Crippen molar-refractivity contribution < 1.29 is 14.1 Å². The molecule has 0 spiro atoms. The van der Waals surface area contributed by atoms with Crippen molar-refractivity contribution in [2.75, 3.05) is 5.32 Å². The second kappa shape index (κ2) is 8.69. The van der Waals surface area contributed by atoms with E-state index < -0.39 is 5.41 Å². The maximum absolute atomic E-state index is 12.6. The summed E-state index contributed by atoms with van der Waals surface area (Å²) in [7, 11) is 0. The predicted octanol–water partition coefficient (Wildman–Crippen LogP) is 5.36. The molecule has 156 valence electrons. The Kier molecular flexibility index (Phi) is 5.84. The van der Waals surface area contributed by atoms with Gasteiger partial charge in [-0.2, -0.15) is 4.98 Å². The molecule has 0 aliphatic heterocycles. The van der Waals surface area contributed by atoms with E-state index in [2.05, 4.69) is 15.5 Å². The van der Waals surface area contributed by atoms with Crippen LogP contribution in [0.2, 0.25) is 0 Å². The molecule has 2 aromatic carbocycles. The number of carbonyl (C=O) groups is 1. The molecule has 1 N–H and O–H groups in total. The number of carbonyl (C=O) groups excluding carboxylic acids is 1. The second-order valence-electron chi connectivity index (χ2n) is 8.27. The third kappa shape index (κ3) is 4.53. The molecule has 1 amide bonds. The third-order valence-electron chi connectivity index (χ3n) is 5.67. The quantitative estimate of drug-likeness (QED) is 0.597. The third-order valence-corrected chi connectivity index (χ3v) is 5.67. The van der Waals surface area contributed by atoms with Gasteiger partial charge in [-0.3, -0.25) is 10.1 Å². The molecule has 0 atom stereocenters. The molecule has 0 radical (unpaired) electrons. The molecule has 1 aromatic heterocycles. The van der Waals surface area contributed by atoms with Gasteiger partial charge >= 0.3 is 6.01 Å². The smallest absolute Gasteiger partial charge is 0.328 e. The molecular weight excluding hydrogens is 378 g/mol. The minimum absolute atomic E-state index is 0.0848. The molecule has 6 nitrogen and oxygen atoms in total. The summed E-state index contributed by atoms with van der Waals surface area (Å²) in [6.07, 6.45) is 6.21. The van der Waals surface area contributed by atoms with Crippen LogP contribution in [0.5, 0.6) is 5.75 Å². The zero-order chi connectivity index (χ0) is 21.0. The summed E-state index contributed by atoms with van der Waals surface area (Å²) < 4.78 is 11.3. The Balaban J connectivity index is 1.39. The number of amides is 1.